The molecular weight excluding hydrogens is 321 g/mol. The van der Waals surface area contributed by atoms with E-state index < -0.39 is 6.10 Å². The van der Waals surface area contributed by atoms with Crippen LogP contribution in [0, 0.1) is 12.7 Å². The fourth-order valence-electron chi connectivity index (χ4n) is 2.41. The minimum Gasteiger partial charge on any atom is -0.391 e. The van der Waals surface area contributed by atoms with E-state index in [-0.39, 0.29) is 18.3 Å². The lowest BCUT2D eigenvalue weighted by Crippen LogP contribution is -2.29. The van der Waals surface area contributed by atoms with Gasteiger partial charge in [0, 0.05) is 16.9 Å². The summed E-state index contributed by atoms with van der Waals surface area (Å²) < 4.78 is 13.9. The largest absolute Gasteiger partial charge is 0.391 e. The molecule has 106 valence electrons. The SMILES string of the molecule is Cc1ccccc1[C@H](c1ccc(F)cc1Br)[C@@H](O)CN. The maximum Gasteiger partial charge on any atom is 0.124 e. The second-order valence-corrected chi connectivity index (χ2v) is 5.66. The highest BCUT2D eigenvalue weighted by atomic mass is 79.9. The number of aryl methyl sites for hydroxylation is 1. The standard InChI is InChI=1S/C16H17BrFNO/c1-10-4-2-3-5-12(10)16(15(20)9-19)13-7-6-11(18)8-14(13)17/h2-8,15-16,20H,9,19H2,1H3/t15-,16+/m0/s1. The molecule has 0 unspecified atom stereocenters. The van der Waals surface area contributed by atoms with Crippen molar-refractivity contribution in [2.24, 2.45) is 5.73 Å². The first-order valence-electron chi connectivity index (χ1n) is 6.43. The molecule has 2 rings (SSSR count). The summed E-state index contributed by atoms with van der Waals surface area (Å²) in [6, 6.07) is 12.3. The molecule has 0 spiro atoms. The van der Waals surface area contributed by atoms with Crippen LogP contribution in [-0.4, -0.2) is 17.8 Å². The minimum atomic E-state index is -0.724. The molecule has 4 heteroatoms. The van der Waals surface area contributed by atoms with Gasteiger partial charge < -0.3 is 10.8 Å². The topological polar surface area (TPSA) is 46.2 Å². The Morgan fingerprint density at radius 1 is 1.20 bits per heavy atom. The fourth-order valence-corrected chi connectivity index (χ4v) is 3.01. The monoisotopic (exact) mass is 337 g/mol. The summed E-state index contributed by atoms with van der Waals surface area (Å²) in [6.45, 7) is 2.13. The van der Waals surface area contributed by atoms with Gasteiger partial charge in [-0.1, -0.05) is 46.3 Å². The van der Waals surface area contributed by atoms with Gasteiger partial charge in [-0.05, 0) is 35.7 Å². The van der Waals surface area contributed by atoms with E-state index in [0.29, 0.717) is 4.47 Å². The molecule has 2 atom stereocenters. The lowest BCUT2D eigenvalue weighted by Gasteiger charge is -2.25. The van der Waals surface area contributed by atoms with Crippen LogP contribution >= 0.6 is 15.9 Å². The molecule has 0 bridgehead atoms. The third-order valence-electron chi connectivity index (χ3n) is 3.45. The quantitative estimate of drug-likeness (QED) is 0.898. The Bertz CT molecular complexity index is 603. The summed E-state index contributed by atoms with van der Waals surface area (Å²) in [7, 11) is 0. The highest BCUT2D eigenvalue weighted by Gasteiger charge is 2.25. The predicted molar refractivity (Wildman–Crippen MR) is 82.2 cm³/mol. The van der Waals surface area contributed by atoms with E-state index in [1.165, 1.54) is 12.1 Å². The normalized spacial score (nSPS) is 14.1. The molecule has 0 amide bonds. The van der Waals surface area contributed by atoms with Crippen LogP contribution in [0.5, 0.6) is 0 Å². The van der Waals surface area contributed by atoms with Crippen molar-refractivity contribution in [3.8, 4) is 0 Å². The van der Waals surface area contributed by atoms with Gasteiger partial charge >= 0.3 is 0 Å². The third kappa shape index (κ3) is 3.08. The van der Waals surface area contributed by atoms with Crippen LogP contribution in [0.15, 0.2) is 46.9 Å². The number of rotatable bonds is 4. The summed E-state index contributed by atoms with van der Waals surface area (Å²) in [5, 5.41) is 10.3. The number of aliphatic hydroxyl groups is 1. The molecular formula is C16H17BrFNO. The van der Waals surface area contributed by atoms with Crippen molar-refractivity contribution in [2.45, 2.75) is 18.9 Å². The summed E-state index contributed by atoms with van der Waals surface area (Å²) >= 11 is 3.38. The first kappa shape index (κ1) is 15.2. The van der Waals surface area contributed by atoms with Crippen LogP contribution in [0.1, 0.15) is 22.6 Å². The smallest absolute Gasteiger partial charge is 0.124 e. The lowest BCUT2D eigenvalue weighted by molar-refractivity contribution is 0.164. The molecule has 0 heterocycles. The number of nitrogens with two attached hydrogens (primary N) is 1. The molecule has 2 aromatic rings. The fraction of sp³-hybridized carbons (Fsp3) is 0.250. The van der Waals surface area contributed by atoms with Crippen molar-refractivity contribution in [2.75, 3.05) is 6.54 Å². The van der Waals surface area contributed by atoms with Gasteiger partial charge in [0.2, 0.25) is 0 Å². The minimum absolute atomic E-state index is 0.142. The van der Waals surface area contributed by atoms with Gasteiger partial charge in [0.1, 0.15) is 5.82 Å². The Hall–Kier alpha value is -1.23. The molecule has 0 fully saturated rings. The zero-order valence-electron chi connectivity index (χ0n) is 11.2. The van der Waals surface area contributed by atoms with Crippen LogP contribution in [0.4, 0.5) is 4.39 Å². The van der Waals surface area contributed by atoms with Gasteiger partial charge in [-0.25, -0.2) is 4.39 Å². The van der Waals surface area contributed by atoms with Crippen molar-refractivity contribution < 1.29 is 9.50 Å². The first-order valence-corrected chi connectivity index (χ1v) is 7.22. The Morgan fingerprint density at radius 3 is 2.50 bits per heavy atom. The summed E-state index contributed by atoms with van der Waals surface area (Å²) in [5.74, 6) is -0.595. The van der Waals surface area contributed by atoms with E-state index in [4.69, 9.17) is 5.73 Å². The van der Waals surface area contributed by atoms with Crippen molar-refractivity contribution >= 4 is 15.9 Å². The second-order valence-electron chi connectivity index (χ2n) is 4.80. The molecule has 0 saturated heterocycles. The van der Waals surface area contributed by atoms with Crippen LogP contribution in [0.2, 0.25) is 0 Å². The van der Waals surface area contributed by atoms with Gasteiger partial charge in [0.15, 0.2) is 0 Å². The van der Waals surface area contributed by atoms with Crippen LogP contribution in [0.25, 0.3) is 0 Å². The average Bonchev–Trinajstić information content (AvgIpc) is 2.43. The highest BCUT2D eigenvalue weighted by Crippen LogP contribution is 2.34. The van der Waals surface area contributed by atoms with E-state index in [2.05, 4.69) is 15.9 Å². The molecule has 0 aliphatic heterocycles. The van der Waals surface area contributed by atoms with Crippen molar-refractivity contribution in [3.05, 3.63) is 69.4 Å². The van der Waals surface area contributed by atoms with E-state index in [0.717, 1.165) is 16.7 Å². The highest BCUT2D eigenvalue weighted by molar-refractivity contribution is 9.10. The first-order chi connectivity index (χ1) is 9.54. The predicted octanol–water partition coefficient (Wildman–Crippen LogP) is 3.35. The lowest BCUT2D eigenvalue weighted by atomic mass is 9.84. The number of halogens is 2. The zero-order valence-corrected chi connectivity index (χ0v) is 12.8. The van der Waals surface area contributed by atoms with Gasteiger partial charge in [-0.3, -0.25) is 0 Å². The van der Waals surface area contributed by atoms with Crippen molar-refractivity contribution in [3.63, 3.8) is 0 Å². The van der Waals surface area contributed by atoms with E-state index in [9.17, 15) is 9.50 Å². The van der Waals surface area contributed by atoms with Crippen LogP contribution in [0.3, 0.4) is 0 Å². The number of hydrogen-bond acceptors (Lipinski definition) is 2. The van der Waals surface area contributed by atoms with E-state index in [1.54, 1.807) is 6.07 Å². The number of benzene rings is 2. The molecule has 0 aliphatic carbocycles. The Balaban J connectivity index is 2.56. The Morgan fingerprint density at radius 2 is 1.90 bits per heavy atom. The summed E-state index contributed by atoms with van der Waals surface area (Å²) in [6.07, 6.45) is -0.724. The molecule has 0 saturated carbocycles. The molecule has 3 N–H and O–H groups in total. The van der Waals surface area contributed by atoms with Crippen LogP contribution in [-0.2, 0) is 0 Å². The second kappa shape index (κ2) is 6.48. The maximum absolute atomic E-state index is 13.3. The van der Waals surface area contributed by atoms with E-state index in [1.807, 2.05) is 31.2 Å². The average molecular weight is 338 g/mol. The zero-order chi connectivity index (χ0) is 14.7. The van der Waals surface area contributed by atoms with Gasteiger partial charge in [-0.2, -0.15) is 0 Å². The molecule has 2 nitrogen and oxygen atoms in total. The Labute approximate surface area is 126 Å². The molecule has 0 aliphatic rings. The summed E-state index contributed by atoms with van der Waals surface area (Å²) in [5.41, 5.74) is 8.54. The van der Waals surface area contributed by atoms with Crippen LogP contribution < -0.4 is 5.73 Å². The van der Waals surface area contributed by atoms with Gasteiger partial charge in [-0.15, -0.1) is 0 Å². The molecule has 0 radical (unpaired) electrons. The van der Waals surface area contributed by atoms with Crippen molar-refractivity contribution in [1.29, 1.82) is 0 Å². The Kier molecular flexibility index (Phi) is 4.91. The van der Waals surface area contributed by atoms with Crippen molar-refractivity contribution in [1.82, 2.24) is 0 Å². The van der Waals surface area contributed by atoms with Gasteiger partial charge in [0.05, 0.1) is 6.10 Å². The summed E-state index contributed by atoms with van der Waals surface area (Å²) in [4.78, 5) is 0. The third-order valence-corrected chi connectivity index (χ3v) is 4.13. The molecule has 20 heavy (non-hydrogen) atoms. The maximum atomic E-state index is 13.3. The van der Waals surface area contributed by atoms with Gasteiger partial charge in [0.25, 0.3) is 0 Å². The number of hydrogen-bond donors (Lipinski definition) is 2. The number of aliphatic hydroxyl groups excluding tert-OH is 1. The molecule has 0 aromatic heterocycles. The van der Waals surface area contributed by atoms with E-state index >= 15 is 0 Å². The molecule has 2 aromatic carbocycles.